The van der Waals surface area contributed by atoms with Gasteiger partial charge >= 0.3 is 0 Å². The Kier molecular flexibility index (Phi) is 8.65. The maximum atomic E-state index is 6.76. The van der Waals surface area contributed by atoms with E-state index in [2.05, 4.69) is 170 Å². The highest BCUT2D eigenvalue weighted by atomic mass is 16.5. The standard InChI is InChI=1S/C46H50N4O/c1-27(2)33-20-29(5)44(30(6)21-33)45-31(7)48-50(32(45)8)36-22-34(28(3)4)23-38(25-36)51-37-16-17-40-39-14-12-13-15-41(39)49(42(40)26-37)43-24-35(18-19-47-43)46(9,10)11/h12-28H,1-11H3. The number of aromatic nitrogens is 4. The van der Waals surface area contributed by atoms with Crippen LogP contribution in [0.2, 0.25) is 0 Å². The first kappa shape index (κ1) is 34.3. The minimum Gasteiger partial charge on any atom is -0.457 e. The Balaban J connectivity index is 1.33. The van der Waals surface area contributed by atoms with Crippen molar-refractivity contribution in [2.45, 2.75) is 93.4 Å². The third kappa shape index (κ3) is 6.24. The molecule has 0 spiro atoms. The topological polar surface area (TPSA) is 44.9 Å². The van der Waals surface area contributed by atoms with Crippen LogP contribution in [-0.4, -0.2) is 19.3 Å². The van der Waals surface area contributed by atoms with Gasteiger partial charge in [0.15, 0.2) is 0 Å². The molecule has 0 bridgehead atoms. The van der Waals surface area contributed by atoms with Crippen LogP contribution in [0.5, 0.6) is 11.5 Å². The number of benzene rings is 4. The highest BCUT2D eigenvalue weighted by Crippen LogP contribution is 2.39. The van der Waals surface area contributed by atoms with Crippen molar-refractivity contribution >= 4 is 21.8 Å². The predicted molar refractivity (Wildman–Crippen MR) is 213 cm³/mol. The summed E-state index contributed by atoms with van der Waals surface area (Å²) in [4.78, 5) is 4.86. The largest absolute Gasteiger partial charge is 0.457 e. The number of para-hydroxylation sites is 1. The van der Waals surface area contributed by atoms with Crippen molar-refractivity contribution in [2.75, 3.05) is 0 Å². The second kappa shape index (κ2) is 12.9. The van der Waals surface area contributed by atoms with Crippen LogP contribution in [0, 0.1) is 27.7 Å². The van der Waals surface area contributed by atoms with Crippen LogP contribution in [0.4, 0.5) is 0 Å². The summed E-state index contributed by atoms with van der Waals surface area (Å²) in [6.45, 7) is 24.4. The van der Waals surface area contributed by atoms with Crippen LogP contribution in [0.3, 0.4) is 0 Å². The van der Waals surface area contributed by atoms with Crippen molar-refractivity contribution in [1.29, 1.82) is 0 Å². The minimum absolute atomic E-state index is 0.00609. The van der Waals surface area contributed by atoms with Gasteiger partial charge in [-0.15, -0.1) is 0 Å². The molecule has 0 saturated heterocycles. The molecule has 3 aromatic heterocycles. The van der Waals surface area contributed by atoms with E-state index in [0.29, 0.717) is 11.8 Å². The van der Waals surface area contributed by atoms with E-state index in [4.69, 9.17) is 14.8 Å². The maximum Gasteiger partial charge on any atom is 0.137 e. The first-order valence-electron chi connectivity index (χ1n) is 18.2. The van der Waals surface area contributed by atoms with Crippen molar-refractivity contribution in [3.05, 3.63) is 130 Å². The zero-order chi connectivity index (χ0) is 36.4. The fourth-order valence-electron chi connectivity index (χ4n) is 7.50. The van der Waals surface area contributed by atoms with Crippen LogP contribution in [0.15, 0.2) is 91.1 Å². The van der Waals surface area contributed by atoms with Gasteiger partial charge in [0.05, 0.1) is 22.4 Å². The quantitative estimate of drug-likeness (QED) is 0.169. The highest BCUT2D eigenvalue weighted by molar-refractivity contribution is 6.09. The lowest BCUT2D eigenvalue weighted by Gasteiger charge is -2.20. The number of hydrogen-bond acceptors (Lipinski definition) is 3. The fraction of sp³-hybridized carbons (Fsp3) is 0.304. The summed E-state index contributed by atoms with van der Waals surface area (Å²) in [6.07, 6.45) is 1.92. The Morgan fingerprint density at radius 3 is 2.00 bits per heavy atom. The molecular formula is C46H50N4O. The van der Waals surface area contributed by atoms with Gasteiger partial charge in [0.1, 0.15) is 17.3 Å². The van der Waals surface area contributed by atoms with Crippen molar-refractivity contribution in [2.24, 2.45) is 0 Å². The molecule has 0 saturated carbocycles. The summed E-state index contributed by atoms with van der Waals surface area (Å²) in [7, 11) is 0. The number of rotatable bonds is 7. The van der Waals surface area contributed by atoms with Crippen molar-refractivity contribution in [3.63, 3.8) is 0 Å². The third-order valence-electron chi connectivity index (χ3n) is 10.3. The average molecular weight is 675 g/mol. The molecule has 5 heteroatoms. The molecule has 5 nitrogen and oxygen atoms in total. The Morgan fingerprint density at radius 2 is 1.31 bits per heavy atom. The van der Waals surface area contributed by atoms with E-state index >= 15 is 0 Å². The molecule has 0 radical (unpaired) electrons. The van der Waals surface area contributed by atoms with E-state index < -0.39 is 0 Å². The summed E-state index contributed by atoms with van der Waals surface area (Å²) in [5.74, 6) is 3.26. The summed E-state index contributed by atoms with van der Waals surface area (Å²) in [6, 6.07) is 30.5. The number of fused-ring (bicyclic) bond motifs is 3. The van der Waals surface area contributed by atoms with E-state index in [1.807, 2.05) is 6.20 Å². The van der Waals surface area contributed by atoms with Gasteiger partial charge in [0.25, 0.3) is 0 Å². The van der Waals surface area contributed by atoms with Gasteiger partial charge in [-0.05, 0) is 121 Å². The fourth-order valence-corrected chi connectivity index (χ4v) is 7.50. The molecule has 0 unspecified atom stereocenters. The third-order valence-corrected chi connectivity index (χ3v) is 10.3. The van der Waals surface area contributed by atoms with Gasteiger partial charge in [-0.2, -0.15) is 5.10 Å². The van der Waals surface area contributed by atoms with E-state index in [1.165, 1.54) is 49.7 Å². The maximum absolute atomic E-state index is 6.76. The first-order valence-corrected chi connectivity index (χ1v) is 18.2. The van der Waals surface area contributed by atoms with E-state index in [1.54, 1.807) is 0 Å². The van der Waals surface area contributed by atoms with Crippen molar-refractivity contribution in [1.82, 2.24) is 19.3 Å². The molecule has 7 rings (SSSR count). The Bertz CT molecular complexity index is 2410. The molecule has 0 fully saturated rings. The smallest absolute Gasteiger partial charge is 0.137 e. The Labute approximate surface area is 302 Å². The van der Waals surface area contributed by atoms with Gasteiger partial charge in [0.2, 0.25) is 0 Å². The van der Waals surface area contributed by atoms with Gasteiger partial charge in [-0.1, -0.05) is 78.8 Å². The van der Waals surface area contributed by atoms with Crippen LogP contribution in [0.25, 0.3) is 44.4 Å². The van der Waals surface area contributed by atoms with E-state index in [-0.39, 0.29) is 5.41 Å². The molecule has 0 atom stereocenters. The number of nitrogens with zero attached hydrogens (tertiary/aromatic N) is 4. The van der Waals surface area contributed by atoms with Crippen LogP contribution in [0.1, 0.15) is 99.5 Å². The lowest BCUT2D eigenvalue weighted by molar-refractivity contribution is 0.481. The molecule has 0 aliphatic rings. The summed E-state index contributed by atoms with van der Waals surface area (Å²) in [5, 5.41) is 7.49. The normalized spacial score (nSPS) is 12.2. The molecule has 0 aliphatic heterocycles. The molecule has 260 valence electrons. The molecule has 4 aromatic carbocycles. The van der Waals surface area contributed by atoms with Gasteiger partial charge < -0.3 is 4.74 Å². The molecule has 51 heavy (non-hydrogen) atoms. The van der Waals surface area contributed by atoms with E-state index in [9.17, 15) is 0 Å². The Morgan fingerprint density at radius 1 is 0.647 bits per heavy atom. The molecule has 0 aliphatic carbocycles. The zero-order valence-corrected chi connectivity index (χ0v) is 32.0. The monoisotopic (exact) mass is 674 g/mol. The highest BCUT2D eigenvalue weighted by Gasteiger charge is 2.21. The lowest BCUT2D eigenvalue weighted by atomic mass is 9.88. The van der Waals surface area contributed by atoms with E-state index in [0.717, 1.165) is 45.4 Å². The molecule has 0 N–H and O–H groups in total. The van der Waals surface area contributed by atoms with Gasteiger partial charge in [-0.25, -0.2) is 9.67 Å². The second-order valence-corrected chi connectivity index (χ2v) is 15.8. The molecule has 7 aromatic rings. The number of aryl methyl sites for hydroxylation is 3. The molecule has 3 heterocycles. The summed E-state index contributed by atoms with van der Waals surface area (Å²) < 4.78 is 11.1. The number of pyridine rings is 1. The van der Waals surface area contributed by atoms with Crippen LogP contribution in [-0.2, 0) is 5.41 Å². The first-order chi connectivity index (χ1) is 24.2. The molecular weight excluding hydrogens is 625 g/mol. The summed E-state index contributed by atoms with van der Waals surface area (Å²) >= 11 is 0. The average Bonchev–Trinajstić information content (AvgIpc) is 3.56. The van der Waals surface area contributed by atoms with Gasteiger partial charge in [-0.3, -0.25) is 4.57 Å². The lowest BCUT2D eigenvalue weighted by Crippen LogP contribution is -2.12. The van der Waals surface area contributed by atoms with Crippen LogP contribution < -0.4 is 4.74 Å². The Hall–Kier alpha value is -5.16. The number of hydrogen-bond donors (Lipinski definition) is 0. The van der Waals surface area contributed by atoms with Gasteiger partial charge in [0, 0.05) is 40.4 Å². The van der Waals surface area contributed by atoms with Crippen molar-refractivity contribution < 1.29 is 4.74 Å². The zero-order valence-electron chi connectivity index (χ0n) is 32.0. The number of ether oxygens (including phenoxy) is 1. The van der Waals surface area contributed by atoms with Crippen molar-refractivity contribution in [3.8, 4) is 34.1 Å². The SMILES string of the molecule is Cc1cc(C(C)C)cc(C)c1-c1c(C)nn(-c2cc(Oc3ccc4c5ccccc5n(-c5cc(C(C)(C)C)ccn5)c4c3)cc(C(C)C)c2)c1C. The predicted octanol–water partition coefficient (Wildman–Crippen LogP) is 12.6. The minimum atomic E-state index is 0.00609. The second-order valence-electron chi connectivity index (χ2n) is 15.8. The van der Waals surface area contributed by atoms with Crippen LogP contribution >= 0.6 is 0 Å². The molecule has 0 amide bonds. The summed E-state index contributed by atoms with van der Waals surface area (Å²) in [5.41, 5.74) is 14.2.